The Morgan fingerprint density at radius 3 is 2.22 bits per heavy atom. The molecule has 0 fully saturated rings. The van der Waals surface area contributed by atoms with Gasteiger partial charge in [0.2, 0.25) is 0 Å². The molecule has 0 atom stereocenters. The first kappa shape index (κ1) is 38.4. The number of methoxy groups -OCH3 is 1. The Balaban J connectivity index is 0.00000368. The van der Waals surface area contributed by atoms with Crippen LogP contribution in [0.3, 0.4) is 0 Å². The van der Waals surface area contributed by atoms with Gasteiger partial charge in [-0.1, -0.05) is 47.0 Å². The molecule has 1 amide bonds. The SMILES string of the molecule is COc1ccc(CN(C(=O)OC(C)(C)C)c2ccc(/C=C/CN(c3[c-]cc(Cl)cn3)S(=O)(=O)c3ccc(C)cc3)cn2)cc1.[CH3-].[Pd+2]. The van der Waals surface area contributed by atoms with Crippen LogP contribution in [0.4, 0.5) is 16.4 Å². The van der Waals surface area contributed by atoms with Crippen LogP contribution in [0.5, 0.6) is 5.75 Å². The van der Waals surface area contributed by atoms with Gasteiger partial charge in [-0.15, -0.1) is 0 Å². The first-order valence-corrected chi connectivity index (χ1v) is 15.6. The normalized spacial score (nSPS) is 11.3. The van der Waals surface area contributed by atoms with Gasteiger partial charge in [-0.25, -0.2) is 41.9 Å². The molecule has 0 radical (unpaired) electrons. The fourth-order valence-electron chi connectivity index (χ4n) is 4.01. The molecule has 0 saturated carbocycles. The molecule has 12 heteroatoms. The zero-order valence-electron chi connectivity index (χ0n) is 26.5. The van der Waals surface area contributed by atoms with Gasteiger partial charge in [-0.05, 0) is 81.4 Å². The summed E-state index contributed by atoms with van der Waals surface area (Å²) < 4.78 is 39.2. The van der Waals surface area contributed by atoms with E-state index >= 15 is 0 Å². The molecule has 4 aromatic rings. The van der Waals surface area contributed by atoms with Gasteiger partial charge in [0.15, 0.2) is 0 Å². The van der Waals surface area contributed by atoms with Crippen molar-refractivity contribution in [1.29, 1.82) is 0 Å². The molecule has 0 N–H and O–H groups in total. The molecule has 0 aliphatic heterocycles. The molecule has 2 heterocycles. The molecule has 0 saturated heterocycles. The second kappa shape index (κ2) is 16.7. The van der Waals surface area contributed by atoms with E-state index in [4.69, 9.17) is 21.1 Å². The van der Waals surface area contributed by atoms with E-state index in [1.54, 1.807) is 82.6 Å². The summed E-state index contributed by atoms with van der Waals surface area (Å²) in [4.78, 5) is 23.4. The number of rotatable bonds is 10. The predicted molar refractivity (Wildman–Crippen MR) is 179 cm³/mol. The molecule has 0 aliphatic rings. The van der Waals surface area contributed by atoms with Crippen molar-refractivity contribution in [1.82, 2.24) is 9.97 Å². The number of sulfonamides is 1. The van der Waals surface area contributed by atoms with Crippen LogP contribution in [0.1, 0.15) is 37.5 Å². The molecule has 2 aromatic heterocycles. The quantitative estimate of drug-likeness (QED) is 0.122. The Bertz CT molecular complexity index is 1690. The molecular formula is C34H37ClN4O5PdS. The summed E-state index contributed by atoms with van der Waals surface area (Å²) in [5.41, 5.74) is 1.81. The van der Waals surface area contributed by atoms with Gasteiger partial charge in [0.05, 0.1) is 25.1 Å². The molecule has 2 aromatic carbocycles. The maximum atomic E-state index is 13.6. The van der Waals surface area contributed by atoms with E-state index in [1.165, 1.54) is 17.2 Å². The summed E-state index contributed by atoms with van der Waals surface area (Å²) in [5, 5.41) is 0.343. The van der Waals surface area contributed by atoms with Crippen LogP contribution in [-0.2, 0) is 41.7 Å². The van der Waals surface area contributed by atoms with E-state index in [1.807, 2.05) is 31.2 Å². The Morgan fingerprint density at radius 1 is 1.00 bits per heavy atom. The van der Waals surface area contributed by atoms with Crippen LogP contribution < -0.4 is 13.9 Å². The number of hydrogen-bond donors (Lipinski definition) is 0. The maximum Gasteiger partial charge on any atom is 2.00 e. The number of pyridine rings is 2. The van der Waals surface area contributed by atoms with E-state index in [-0.39, 0.29) is 51.7 Å². The fraction of sp³-hybridized carbons (Fsp3) is 0.235. The zero-order valence-corrected chi connectivity index (χ0v) is 29.6. The molecular weight excluding hydrogens is 718 g/mol. The standard InChI is InChI=1S/C33H34ClN4O5S.CH3.Pd/c1-24-8-16-29(17-9-24)44(40,41)38(31-19-13-27(34)22-36-31)20-6-7-25-12-18-30(35-21-25)37(32(39)43-33(2,3)4)23-26-10-14-28(42-5)15-11-26;;/h6-18,21-22H,20,23H2,1-5H3;1H3;/q2*-1;+2/b7-6+;;. The summed E-state index contributed by atoms with van der Waals surface area (Å²) >= 11 is 5.97. The van der Waals surface area contributed by atoms with Crippen LogP contribution in [0.15, 0.2) is 90.1 Å². The van der Waals surface area contributed by atoms with Crippen molar-refractivity contribution in [2.24, 2.45) is 0 Å². The summed E-state index contributed by atoms with van der Waals surface area (Å²) in [5.74, 6) is 1.22. The number of ether oxygens (including phenoxy) is 2. The number of carbonyl (C=O) groups excluding carboxylic acids is 1. The van der Waals surface area contributed by atoms with Crippen LogP contribution in [-0.4, -0.2) is 43.7 Å². The molecule has 9 nitrogen and oxygen atoms in total. The van der Waals surface area contributed by atoms with E-state index in [0.29, 0.717) is 22.2 Å². The molecule has 0 spiro atoms. The largest absolute Gasteiger partial charge is 2.00 e. The average Bonchev–Trinajstić information content (AvgIpc) is 2.98. The van der Waals surface area contributed by atoms with Crippen LogP contribution in [0, 0.1) is 20.4 Å². The third kappa shape index (κ3) is 10.4. The monoisotopic (exact) mass is 754 g/mol. The fourth-order valence-corrected chi connectivity index (χ4v) is 5.46. The number of benzene rings is 2. The van der Waals surface area contributed by atoms with Gasteiger partial charge < -0.3 is 16.9 Å². The number of anilines is 2. The van der Waals surface area contributed by atoms with E-state index in [0.717, 1.165) is 15.4 Å². The number of nitrogens with zero attached hydrogens (tertiary/aromatic N) is 4. The first-order valence-electron chi connectivity index (χ1n) is 13.7. The van der Waals surface area contributed by atoms with E-state index in [2.05, 4.69) is 16.0 Å². The summed E-state index contributed by atoms with van der Waals surface area (Å²) in [6.07, 6.45) is 5.87. The third-order valence-electron chi connectivity index (χ3n) is 6.24. The molecule has 0 unspecified atom stereocenters. The Labute approximate surface area is 290 Å². The van der Waals surface area contributed by atoms with Crippen LogP contribution >= 0.6 is 11.6 Å². The number of amides is 1. The van der Waals surface area contributed by atoms with Gasteiger partial charge in [-0.2, -0.15) is 0 Å². The van der Waals surface area contributed by atoms with Gasteiger partial charge in [0.1, 0.15) is 17.2 Å². The van der Waals surface area contributed by atoms with Gasteiger partial charge >= 0.3 is 26.5 Å². The Kier molecular flexibility index (Phi) is 14.0. The minimum atomic E-state index is -3.95. The molecule has 4 rings (SSSR count). The van der Waals surface area contributed by atoms with E-state index < -0.39 is 21.7 Å². The zero-order chi connectivity index (χ0) is 31.9. The van der Waals surface area contributed by atoms with Crippen LogP contribution in [0.25, 0.3) is 6.08 Å². The van der Waals surface area contributed by atoms with Gasteiger partial charge in [0, 0.05) is 12.0 Å². The number of halogens is 1. The van der Waals surface area contributed by atoms with Crippen molar-refractivity contribution >= 4 is 45.4 Å². The summed E-state index contributed by atoms with van der Waals surface area (Å²) in [6, 6.07) is 21.8. The van der Waals surface area contributed by atoms with Gasteiger partial charge in [0.25, 0.3) is 10.0 Å². The number of aromatic nitrogens is 2. The summed E-state index contributed by atoms with van der Waals surface area (Å²) in [7, 11) is -2.36. The van der Waals surface area contributed by atoms with Gasteiger partial charge in [-0.3, -0.25) is 14.2 Å². The molecule has 0 bridgehead atoms. The number of carbonyl (C=O) groups is 1. The van der Waals surface area contributed by atoms with Crippen molar-refractivity contribution in [3.8, 4) is 5.75 Å². The molecule has 46 heavy (non-hydrogen) atoms. The van der Waals surface area contributed by atoms with Crippen molar-refractivity contribution < 1.29 is 43.1 Å². The first-order chi connectivity index (χ1) is 20.9. The Hall–Kier alpha value is -3.75. The smallest absolute Gasteiger partial charge is 0.497 e. The third-order valence-corrected chi connectivity index (χ3v) is 8.21. The summed E-state index contributed by atoms with van der Waals surface area (Å²) in [6.45, 7) is 7.50. The van der Waals surface area contributed by atoms with E-state index in [9.17, 15) is 13.2 Å². The molecule has 246 valence electrons. The van der Waals surface area contributed by atoms with Crippen molar-refractivity contribution in [3.63, 3.8) is 0 Å². The second-order valence-corrected chi connectivity index (χ2v) is 13.2. The molecule has 0 aliphatic carbocycles. The Morgan fingerprint density at radius 2 is 1.67 bits per heavy atom. The predicted octanol–water partition coefficient (Wildman–Crippen LogP) is 7.55. The van der Waals surface area contributed by atoms with Crippen LogP contribution in [0.2, 0.25) is 5.02 Å². The van der Waals surface area contributed by atoms with Crippen molar-refractivity contribution in [2.45, 2.75) is 44.7 Å². The maximum absolute atomic E-state index is 13.6. The second-order valence-electron chi connectivity index (χ2n) is 10.9. The minimum absolute atomic E-state index is 0. The number of aryl methyl sites for hydroxylation is 1. The minimum Gasteiger partial charge on any atom is -0.497 e. The topological polar surface area (TPSA) is 102 Å². The average molecular weight is 756 g/mol. The number of hydrogen-bond acceptors (Lipinski definition) is 7. The van der Waals surface area contributed by atoms with Crippen molar-refractivity contribution in [2.75, 3.05) is 22.9 Å². The van der Waals surface area contributed by atoms with Crippen molar-refractivity contribution in [3.05, 3.63) is 120 Å².